The highest BCUT2D eigenvalue weighted by molar-refractivity contribution is 9.25. The normalized spacial score (nSPS) is 11.2. The van der Waals surface area contributed by atoms with Crippen LogP contribution in [-0.4, -0.2) is 3.36 Å². The van der Waals surface area contributed by atoms with Crippen molar-refractivity contribution in [1.29, 1.82) is 0 Å². The third kappa shape index (κ3) is 4.66. The quantitative estimate of drug-likeness (QED) is 0.401. The maximum Gasteiger partial charge on any atom is 0.146 e. The maximum absolute atomic E-state index is 5.25. The Hall–Kier alpha value is 0.660. The minimum absolute atomic E-state index is 0.569. The number of nitrogens with two attached hydrogens (primary N) is 1. The van der Waals surface area contributed by atoms with Crippen LogP contribution < -0.4 is 5.73 Å². The molecule has 0 atom stereocenters. The molecule has 0 unspecified atom stereocenters. The van der Waals surface area contributed by atoms with Gasteiger partial charge in [-0.1, -0.05) is 44.5 Å². The summed E-state index contributed by atoms with van der Waals surface area (Å²) in [6.07, 6.45) is 1.55. The van der Waals surface area contributed by atoms with Gasteiger partial charge in [-0.15, -0.1) is 0 Å². The second kappa shape index (κ2) is 2.09. The van der Waals surface area contributed by atoms with Crippen molar-refractivity contribution < 1.29 is 0 Å². The molecule has 0 rings (SSSR count). The van der Waals surface area contributed by atoms with Crippen LogP contribution in [-0.2, 0) is 0 Å². The largest absolute Gasteiger partial charge is 0.304 e. The van der Waals surface area contributed by atoms with E-state index in [1.54, 1.807) is 6.08 Å². The average Bonchev–Trinajstić information content (AvgIpc) is 1.35. The van der Waals surface area contributed by atoms with Gasteiger partial charge in [0, 0.05) is 0 Å². The summed E-state index contributed by atoms with van der Waals surface area (Å²) >= 11 is 6.11. The highest BCUT2D eigenvalue weighted by atomic mass is 79.9. The summed E-state index contributed by atoms with van der Waals surface area (Å²) < 4.78 is -0.569. The molecule has 0 saturated heterocycles. The van der Waals surface area contributed by atoms with E-state index in [1.165, 1.54) is 0 Å². The van der Waals surface area contributed by atoms with Crippen LogP contribution in [0.4, 0.5) is 0 Å². The second-order valence-corrected chi connectivity index (χ2v) is 4.57. The van der Waals surface area contributed by atoms with Gasteiger partial charge in [0.05, 0.1) is 0 Å². The SMILES string of the molecule is C=CC(N)(Br)Br. The molecule has 0 fully saturated rings. The smallest absolute Gasteiger partial charge is 0.146 e. The average molecular weight is 215 g/mol. The maximum atomic E-state index is 5.25. The van der Waals surface area contributed by atoms with Gasteiger partial charge < -0.3 is 5.73 Å². The van der Waals surface area contributed by atoms with Crippen LogP contribution in [0.2, 0.25) is 0 Å². The lowest BCUT2D eigenvalue weighted by Gasteiger charge is -2.03. The molecule has 0 aliphatic carbocycles. The van der Waals surface area contributed by atoms with Crippen LogP contribution >= 0.6 is 31.9 Å². The van der Waals surface area contributed by atoms with Gasteiger partial charge in [-0.05, 0) is 0 Å². The van der Waals surface area contributed by atoms with Crippen molar-refractivity contribution in [1.82, 2.24) is 0 Å². The minimum atomic E-state index is -0.569. The standard InChI is InChI=1S/C3H5Br2N/c1-2-3(4,5)6/h2H,1,6H2. The fourth-order valence-electron chi connectivity index (χ4n) is 0. The van der Waals surface area contributed by atoms with E-state index >= 15 is 0 Å². The van der Waals surface area contributed by atoms with E-state index in [0.717, 1.165) is 0 Å². The van der Waals surface area contributed by atoms with Crippen LogP contribution in [0.1, 0.15) is 0 Å². The van der Waals surface area contributed by atoms with E-state index in [4.69, 9.17) is 5.73 Å². The van der Waals surface area contributed by atoms with Gasteiger partial charge in [0.25, 0.3) is 0 Å². The van der Waals surface area contributed by atoms with Crippen molar-refractivity contribution in [3.8, 4) is 0 Å². The number of halogens is 2. The predicted octanol–water partition coefficient (Wildman–Crippen LogP) is 1.57. The fourth-order valence-corrected chi connectivity index (χ4v) is 0. The Labute approximate surface area is 53.9 Å². The van der Waals surface area contributed by atoms with Crippen LogP contribution in [0.15, 0.2) is 12.7 Å². The Kier molecular flexibility index (Phi) is 2.33. The van der Waals surface area contributed by atoms with Crippen LogP contribution in [0.5, 0.6) is 0 Å². The molecule has 0 radical (unpaired) electrons. The summed E-state index contributed by atoms with van der Waals surface area (Å²) in [7, 11) is 0. The highest BCUT2D eigenvalue weighted by Crippen LogP contribution is 2.18. The Bertz CT molecular complexity index is 54.3. The fraction of sp³-hybridized carbons (Fsp3) is 0.333. The summed E-state index contributed by atoms with van der Waals surface area (Å²) in [6.45, 7) is 3.41. The van der Waals surface area contributed by atoms with Crippen molar-refractivity contribution >= 4 is 31.9 Å². The first-order valence-electron chi connectivity index (χ1n) is 1.36. The first-order valence-corrected chi connectivity index (χ1v) is 2.95. The Balaban J connectivity index is 3.45. The summed E-state index contributed by atoms with van der Waals surface area (Å²) in [5.41, 5.74) is 5.25. The van der Waals surface area contributed by atoms with Crippen molar-refractivity contribution in [3.05, 3.63) is 12.7 Å². The molecule has 3 heteroatoms. The second-order valence-electron chi connectivity index (χ2n) is 0.879. The van der Waals surface area contributed by atoms with Gasteiger partial charge in [-0.25, -0.2) is 0 Å². The molecule has 0 aromatic rings. The van der Waals surface area contributed by atoms with E-state index in [1.807, 2.05) is 0 Å². The number of rotatable bonds is 1. The first kappa shape index (κ1) is 6.66. The zero-order valence-corrected chi connectivity index (χ0v) is 6.29. The molecular formula is C3H5Br2N. The van der Waals surface area contributed by atoms with E-state index in [0.29, 0.717) is 0 Å². The van der Waals surface area contributed by atoms with E-state index in [2.05, 4.69) is 38.4 Å². The molecule has 0 bridgehead atoms. The Morgan fingerprint density at radius 2 is 1.83 bits per heavy atom. The van der Waals surface area contributed by atoms with Gasteiger partial charge in [-0.2, -0.15) is 0 Å². The van der Waals surface area contributed by atoms with Crippen molar-refractivity contribution in [2.24, 2.45) is 5.73 Å². The topological polar surface area (TPSA) is 26.0 Å². The molecule has 0 spiro atoms. The number of alkyl halides is 2. The Morgan fingerprint density at radius 3 is 1.83 bits per heavy atom. The summed E-state index contributed by atoms with van der Waals surface area (Å²) in [4.78, 5) is 0. The van der Waals surface area contributed by atoms with Gasteiger partial charge in [-0.3, -0.25) is 0 Å². The summed E-state index contributed by atoms with van der Waals surface area (Å²) in [5, 5.41) is 0. The van der Waals surface area contributed by atoms with Crippen molar-refractivity contribution in [3.63, 3.8) is 0 Å². The zero-order chi connectivity index (χ0) is 5.21. The van der Waals surface area contributed by atoms with Crippen molar-refractivity contribution in [2.75, 3.05) is 0 Å². The predicted molar refractivity (Wildman–Crippen MR) is 35.0 cm³/mol. The lowest BCUT2D eigenvalue weighted by molar-refractivity contribution is 1.13. The van der Waals surface area contributed by atoms with Crippen molar-refractivity contribution in [2.45, 2.75) is 3.36 Å². The molecule has 0 aliphatic heterocycles. The van der Waals surface area contributed by atoms with Crippen LogP contribution in [0.3, 0.4) is 0 Å². The summed E-state index contributed by atoms with van der Waals surface area (Å²) in [6, 6.07) is 0. The zero-order valence-electron chi connectivity index (χ0n) is 3.12. The lowest BCUT2D eigenvalue weighted by Crippen LogP contribution is -2.19. The molecule has 0 saturated carbocycles. The molecule has 0 aromatic carbocycles. The molecule has 0 aromatic heterocycles. The third-order valence-corrected chi connectivity index (χ3v) is 0.920. The molecule has 36 valence electrons. The van der Waals surface area contributed by atoms with Gasteiger partial charge in [0.15, 0.2) is 0 Å². The molecule has 0 aliphatic rings. The van der Waals surface area contributed by atoms with Gasteiger partial charge in [0.2, 0.25) is 0 Å². The molecule has 6 heavy (non-hydrogen) atoms. The monoisotopic (exact) mass is 213 g/mol. The lowest BCUT2D eigenvalue weighted by atomic mass is 10.7. The molecule has 0 amide bonds. The van der Waals surface area contributed by atoms with Crippen LogP contribution in [0.25, 0.3) is 0 Å². The van der Waals surface area contributed by atoms with E-state index < -0.39 is 3.36 Å². The highest BCUT2D eigenvalue weighted by Gasteiger charge is 2.06. The molecule has 0 heterocycles. The van der Waals surface area contributed by atoms with Crippen LogP contribution in [0, 0.1) is 0 Å². The third-order valence-electron chi connectivity index (χ3n) is 0.272. The number of hydrogen-bond acceptors (Lipinski definition) is 1. The van der Waals surface area contributed by atoms with Gasteiger partial charge >= 0.3 is 0 Å². The summed E-state index contributed by atoms with van der Waals surface area (Å²) in [5.74, 6) is 0. The number of hydrogen-bond donors (Lipinski definition) is 1. The molecule has 2 N–H and O–H groups in total. The molecular weight excluding hydrogens is 210 g/mol. The van der Waals surface area contributed by atoms with E-state index in [-0.39, 0.29) is 0 Å². The Morgan fingerprint density at radius 1 is 1.67 bits per heavy atom. The molecule has 1 nitrogen and oxygen atoms in total. The first-order chi connectivity index (χ1) is 2.56. The van der Waals surface area contributed by atoms with Gasteiger partial charge in [0.1, 0.15) is 3.36 Å². The minimum Gasteiger partial charge on any atom is -0.304 e. The van der Waals surface area contributed by atoms with E-state index in [9.17, 15) is 0 Å².